The van der Waals surface area contributed by atoms with Crippen molar-refractivity contribution in [1.29, 1.82) is 0 Å². The minimum atomic E-state index is -4.81. The third kappa shape index (κ3) is 4.58. The summed E-state index contributed by atoms with van der Waals surface area (Å²) < 4.78 is 93.3. The highest BCUT2D eigenvalue weighted by Gasteiger charge is 2.49. The number of H-pyrrole nitrogens is 1. The smallest absolute Gasteiger partial charge is 0.417 e. The van der Waals surface area contributed by atoms with E-state index in [1.54, 1.807) is 6.07 Å². The highest BCUT2D eigenvalue weighted by Crippen LogP contribution is 2.48. The molecule has 9 nitrogen and oxygen atoms in total. The molecule has 0 radical (unpaired) electrons. The first-order valence-electron chi connectivity index (χ1n) is 15.2. The third-order valence-corrected chi connectivity index (χ3v) is 9.69. The predicted molar refractivity (Wildman–Crippen MR) is 155 cm³/mol. The van der Waals surface area contributed by atoms with Crippen LogP contribution < -0.4 is 14.4 Å². The molecule has 4 aliphatic heterocycles. The Labute approximate surface area is 254 Å². The number of nitrogens with zero attached hydrogens (tertiary/aromatic N) is 5. The quantitative estimate of drug-likeness (QED) is 0.293. The zero-order valence-corrected chi connectivity index (χ0v) is 24.5. The van der Waals surface area contributed by atoms with Gasteiger partial charge in [-0.1, -0.05) is 0 Å². The lowest BCUT2D eigenvalue weighted by atomic mass is 9.94. The lowest BCUT2D eigenvalue weighted by Gasteiger charge is -2.32. The van der Waals surface area contributed by atoms with Gasteiger partial charge in [0, 0.05) is 43.1 Å². The van der Waals surface area contributed by atoms with E-state index in [1.807, 2.05) is 0 Å². The van der Waals surface area contributed by atoms with Crippen LogP contribution in [0, 0.1) is 12.7 Å². The maximum Gasteiger partial charge on any atom is 0.417 e. The van der Waals surface area contributed by atoms with Crippen molar-refractivity contribution in [3.63, 3.8) is 0 Å². The summed E-state index contributed by atoms with van der Waals surface area (Å²) >= 11 is 0. The number of anilines is 1. The number of fused-ring (bicyclic) bond motifs is 4. The van der Waals surface area contributed by atoms with Gasteiger partial charge in [-0.25, -0.2) is 18.7 Å². The highest BCUT2D eigenvalue weighted by atomic mass is 19.4. The zero-order valence-electron chi connectivity index (χ0n) is 24.5. The van der Waals surface area contributed by atoms with Gasteiger partial charge in [0.25, 0.3) is 0 Å². The van der Waals surface area contributed by atoms with Gasteiger partial charge in [-0.15, -0.1) is 0 Å². The van der Waals surface area contributed by atoms with E-state index in [0.29, 0.717) is 50.3 Å². The van der Waals surface area contributed by atoms with Crippen LogP contribution in [0.5, 0.6) is 11.8 Å². The molecule has 3 fully saturated rings. The lowest BCUT2D eigenvalue weighted by molar-refractivity contribution is -0.137. The summed E-state index contributed by atoms with van der Waals surface area (Å²) in [5.74, 6) is -0.952. The molecule has 4 aromatic rings. The average molecular weight is 631 g/mol. The number of nitrogens with one attached hydrogen (secondary N) is 1. The second-order valence-electron chi connectivity index (χ2n) is 12.5. The average Bonchev–Trinajstić information content (AvgIpc) is 3.60. The molecule has 0 amide bonds. The van der Waals surface area contributed by atoms with Gasteiger partial charge >= 0.3 is 6.18 Å². The fourth-order valence-corrected chi connectivity index (χ4v) is 7.72. The molecule has 0 spiro atoms. The number of aromatic nitrogens is 4. The van der Waals surface area contributed by atoms with E-state index in [2.05, 4.69) is 30.0 Å². The molecule has 3 aromatic heterocycles. The van der Waals surface area contributed by atoms with E-state index >= 15 is 4.39 Å². The Hall–Kier alpha value is -3.78. The third-order valence-electron chi connectivity index (χ3n) is 9.69. The molecule has 0 bridgehead atoms. The normalized spacial score (nSPS) is 25.2. The Balaban J connectivity index is 1.34. The molecule has 3 atom stereocenters. The van der Waals surface area contributed by atoms with E-state index < -0.39 is 40.5 Å². The number of halogens is 5. The molecule has 45 heavy (non-hydrogen) atoms. The van der Waals surface area contributed by atoms with Crippen LogP contribution in [-0.2, 0) is 10.9 Å². The minimum Gasteiger partial charge on any atom is -0.476 e. The van der Waals surface area contributed by atoms with Crippen LogP contribution in [0.2, 0.25) is 0 Å². The van der Waals surface area contributed by atoms with Crippen LogP contribution in [0.3, 0.4) is 0 Å². The number of pyridine rings is 2. The molecule has 3 saturated heterocycles. The van der Waals surface area contributed by atoms with Gasteiger partial charge in [0.1, 0.15) is 30.6 Å². The molecular weight excluding hydrogens is 599 g/mol. The Morgan fingerprint density at radius 3 is 2.87 bits per heavy atom. The fraction of sp³-hybridized carbons (Fsp3) is 0.516. The summed E-state index contributed by atoms with van der Waals surface area (Å²) in [6.45, 7) is 4.17. The van der Waals surface area contributed by atoms with Crippen molar-refractivity contribution in [2.45, 2.75) is 56.5 Å². The van der Waals surface area contributed by atoms with E-state index in [1.165, 1.54) is 19.2 Å². The monoisotopic (exact) mass is 630 g/mol. The van der Waals surface area contributed by atoms with Crippen LogP contribution in [0.4, 0.5) is 27.6 Å². The fourth-order valence-electron chi connectivity index (χ4n) is 7.72. The standard InChI is InChI=1S/C31H31F5N6O3/c1-16-8-20-19(11-37-40-20)23(25(16)31(34,35)36)27-26(33)28-24-21(42-6-3-7-43-13-18(42)14-44-29(24)39-27)9-22(38-28)45-15-30-4-2-5-41(30)12-17(32)10-30/h8-9,11,17-18H,2-7,10,12-15H2,1H3,(H,37,40)/t17-,18+,30+/m1/s1. The topological polar surface area (TPSA) is 88.6 Å². The van der Waals surface area contributed by atoms with Gasteiger partial charge in [-0.3, -0.25) is 10.00 Å². The number of aromatic amines is 1. The molecule has 238 valence electrons. The maximum absolute atomic E-state index is 16.9. The van der Waals surface area contributed by atoms with E-state index in [0.717, 1.165) is 19.4 Å². The second kappa shape index (κ2) is 10.4. The number of hydrogen-bond acceptors (Lipinski definition) is 8. The highest BCUT2D eigenvalue weighted by molar-refractivity contribution is 6.02. The first-order valence-corrected chi connectivity index (χ1v) is 15.2. The van der Waals surface area contributed by atoms with Gasteiger partial charge in [-0.2, -0.15) is 18.3 Å². The van der Waals surface area contributed by atoms with Crippen molar-refractivity contribution < 1.29 is 36.2 Å². The van der Waals surface area contributed by atoms with Crippen LogP contribution >= 0.6 is 0 Å². The Bertz CT molecular complexity index is 1810. The van der Waals surface area contributed by atoms with Crippen molar-refractivity contribution in [2.75, 3.05) is 51.0 Å². The summed E-state index contributed by atoms with van der Waals surface area (Å²) in [7, 11) is 0. The Morgan fingerprint density at radius 2 is 2.02 bits per heavy atom. The summed E-state index contributed by atoms with van der Waals surface area (Å²) in [6, 6.07) is 2.78. The number of rotatable bonds is 4. The van der Waals surface area contributed by atoms with E-state index in [4.69, 9.17) is 14.2 Å². The summed E-state index contributed by atoms with van der Waals surface area (Å²) in [6.07, 6.45) is -1.80. The molecule has 0 saturated carbocycles. The van der Waals surface area contributed by atoms with Gasteiger partial charge in [-0.05, 0) is 44.4 Å². The number of benzene rings is 1. The van der Waals surface area contributed by atoms with Gasteiger partial charge in [0.05, 0.1) is 46.5 Å². The Kier molecular flexibility index (Phi) is 6.61. The predicted octanol–water partition coefficient (Wildman–Crippen LogP) is 5.58. The van der Waals surface area contributed by atoms with Crippen molar-refractivity contribution in [1.82, 2.24) is 25.1 Å². The van der Waals surface area contributed by atoms with Crippen molar-refractivity contribution in [2.24, 2.45) is 0 Å². The summed E-state index contributed by atoms with van der Waals surface area (Å²) in [5, 5.41) is 6.94. The second-order valence-corrected chi connectivity index (χ2v) is 12.5. The van der Waals surface area contributed by atoms with Crippen molar-refractivity contribution in [3.05, 3.63) is 35.3 Å². The van der Waals surface area contributed by atoms with Crippen molar-refractivity contribution in [3.8, 4) is 23.0 Å². The van der Waals surface area contributed by atoms with Gasteiger partial charge in [0.15, 0.2) is 5.82 Å². The lowest BCUT2D eigenvalue weighted by Crippen LogP contribution is -2.43. The van der Waals surface area contributed by atoms with Crippen LogP contribution in [0.15, 0.2) is 18.3 Å². The SMILES string of the molecule is Cc1cc2[nH]ncc2c(-c2nc3c4c(cc(OC[C@@]56CCCN5C[C@H](F)C6)nc4c2F)N2CCCOC[C@H]2CO3)c1C(F)(F)F. The molecule has 7 heterocycles. The molecule has 1 N–H and O–H groups in total. The molecule has 0 unspecified atom stereocenters. The molecular formula is C31H31F5N6O3. The van der Waals surface area contributed by atoms with Crippen molar-refractivity contribution >= 4 is 27.5 Å². The van der Waals surface area contributed by atoms with Crippen LogP contribution in [0.1, 0.15) is 36.8 Å². The molecule has 8 rings (SSSR count). The molecule has 0 aliphatic carbocycles. The first-order chi connectivity index (χ1) is 21.6. The van der Waals surface area contributed by atoms with Gasteiger partial charge in [0.2, 0.25) is 11.8 Å². The molecule has 14 heteroatoms. The summed E-state index contributed by atoms with van der Waals surface area (Å²) in [4.78, 5) is 13.1. The number of hydrogen-bond donors (Lipinski definition) is 1. The largest absolute Gasteiger partial charge is 0.476 e. The number of alkyl halides is 4. The zero-order chi connectivity index (χ0) is 31.1. The van der Waals surface area contributed by atoms with E-state index in [-0.39, 0.29) is 52.9 Å². The first kappa shape index (κ1) is 28.7. The minimum absolute atomic E-state index is 0.0218. The maximum atomic E-state index is 16.9. The summed E-state index contributed by atoms with van der Waals surface area (Å²) in [5.41, 5.74) is -1.93. The number of aryl methyl sites for hydroxylation is 1. The van der Waals surface area contributed by atoms with Crippen LogP contribution in [0.25, 0.3) is 33.1 Å². The van der Waals surface area contributed by atoms with Crippen LogP contribution in [-0.4, -0.2) is 88.9 Å². The molecule has 4 aliphatic rings. The van der Waals surface area contributed by atoms with Gasteiger partial charge < -0.3 is 19.1 Å². The number of ether oxygens (including phenoxy) is 3. The Morgan fingerprint density at radius 1 is 1.16 bits per heavy atom. The van der Waals surface area contributed by atoms with E-state index in [9.17, 15) is 17.6 Å². The molecule has 1 aromatic carbocycles.